The molecule has 102 valence electrons. The van der Waals surface area contributed by atoms with Crippen molar-refractivity contribution >= 4 is 33.2 Å². The number of halogens is 1. The summed E-state index contributed by atoms with van der Waals surface area (Å²) in [7, 11) is -3.09. The Morgan fingerprint density at radius 1 is 1.21 bits per heavy atom. The maximum Gasteiger partial charge on any atom is 0.237 e. The molecule has 0 spiro atoms. The van der Waals surface area contributed by atoms with Crippen molar-refractivity contribution in [3.8, 4) is 0 Å². The highest BCUT2D eigenvalue weighted by Crippen LogP contribution is 2.36. The zero-order valence-electron chi connectivity index (χ0n) is 9.95. The van der Waals surface area contributed by atoms with Crippen molar-refractivity contribution in [2.75, 3.05) is 22.2 Å². The lowest BCUT2D eigenvalue weighted by Gasteiger charge is -2.36. The Morgan fingerprint density at radius 2 is 1.89 bits per heavy atom. The van der Waals surface area contributed by atoms with Gasteiger partial charge in [0.15, 0.2) is 9.84 Å². The van der Waals surface area contributed by atoms with E-state index in [2.05, 4.69) is 0 Å². The van der Waals surface area contributed by atoms with E-state index in [1.165, 1.54) is 40.9 Å². The molecule has 0 unspecified atom stereocenters. The molecule has 0 bridgehead atoms. The minimum Gasteiger partial charge on any atom is -0.306 e. The van der Waals surface area contributed by atoms with Gasteiger partial charge in [-0.2, -0.15) is 0 Å². The fourth-order valence-electron chi connectivity index (χ4n) is 2.57. The number of thioether (sulfide) groups is 1. The second-order valence-corrected chi connectivity index (χ2v) is 8.12. The maximum absolute atomic E-state index is 12.9. The molecule has 19 heavy (non-hydrogen) atoms. The minimum atomic E-state index is -3.09. The molecule has 1 amide bonds. The van der Waals surface area contributed by atoms with E-state index >= 15 is 0 Å². The van der Waals surface area contributed by atoms with Gasteiger partial charge in [0, 0.05) is 10.9 Å². The molecular formula is C12H12FNO3S2. The van der Waals surface area contributed by atoms with Crippen molar-refractivity contribution in [1.29, 1.82) is 0 Å². The second-order valence-electron chi connectivity index (χ2n) is 4.73. The van der Waals surface area contributed by atoms with Crippen LogP contribution in [0.25, 0.3) is 0 Å². The predicted molar refractivity (Wildman–Crippen MR) is 72.6 cm³/mol. The first-order chi connectivity index (χ1) is 8.96. The van der Waals surface area contributed by atoms with Crippen molar-refractivity contribution in [3.05, 3.63) is 30.1 Å². The van der Waals surface area contributed by atoms with Crippen molar-refractivity contribution in [2.24, 2.45) is 0 Å². The van der Waals surface area contributed by atoms with Crippen LogP contribution in [0.5, 0.6) is 0 Å². The van der Waals surface area contributed by atoms with Crippen LogP contribution in [0, 0.1) is 5.82 Å². The van der Waals surface area contributed by atoms with E-state index in [0.29, 0.717) is 5.69 Å². The van der Waals surface area contributed by atoms with Crippen LogP contribution in [-0.2, 0) is 14.6 Å². The number of benzene rings is 1. The molecule has 1 aromatic rings. The Labute approximate surface area is 114 Å². The molecule has 1 aromatic carbocycles. The molecule has 2 saturated heterocycles. The minimum absolute atomic E-state index is 0.00617. The molecule has 2 fully saturated rings. The van der Waals surface area contributed by atoms with Gasteiger partial charge in [-0.3, -0.25) is 4.79 Å². The second kappa shape index (κ2) is 4.49. The van der Waals surface area contributed by atoms with Gasteiger partial charge >= 0.3 is 0 Å². The van der Waals surface area contributed by atoms with Crippen LogP contribution in [0.3, 0.4) is 0 Å². The van der Waals surface area contributed by atoms with Crippen molar-refractivity contribution in [3.63, 3.8) is 0 Å². The largest absolute Gasteiger partial charge is 0.306 e. The Balaban J connectivity index is 1.98. The smallest absolute Gasteiger partial charge is 0.237 e. The van der Waals surface area contributed by atoms with E-state index < -0.39 is 9.84 Å². The number of nitrogens with zero attached hydrogens (tertiary/aromatic N) is 1. The van der Waals surface area contributed by atoms with Crippen molar-refractivity contribution in [2.45, 2.75) is 11.3 Å². The number of carbonyl (C=O) groups excluding carboxylic acids is 1. The van der Waals surface area contributed by atoms with Gasteiger partial charge in [0.05, 0.1) is 23.3 Å². The molecule has 4 nitrogen and oxygen atoms in total. The summed E-state index contributed by atoms with van der Waals surface area (Å²) < 4.78 is 36.4. The van der Waals surface area contributed by atoms with Crippen LogP contribution in [0.4, 0.5) is 10.1 Å². The fraction of sp³-hybridized carbons (Fsp3) is 0.417. The zero-order valence-corrected chi connectivity index (χ0v) is 11.6. The van der Waals surface area contributed by atoms with Gasteiger partial charge in [-0.25, -0.2) is 12.8 Å². The molecule has 0 N–H and O–H groups in total. The fourth-order valence-corrected chi connectivity index (χ4v) is 6.39. The number of rotatable bonds is 1. The molecule has 2 atom stereocenters. The molecular weight excluding hydrogens is 289 g/mol. The summed E-state index contributed by atoms with van der Waals surface area (Å²) in [5.41, 5.74) is 0.568. The maximum atomic E-state index is 12.9. The Bertz CT molecular complexity index is 614. The average Bonchev–Trinajstić information content (AvgIpc) is 2.65. The van der Waals surface area contributed by atoms with Gasteiger partial charge in [-0.05, 0) is 24.3 Å². The number of hydrogen-bond donors (Lipinski definition) is 0. The quantitative estimate of drug-likeness (QED) is 0.778. The van der Waals surface area contributed by atoms with Gasteiger partial charge in [0.25, 0.3) is 0 Å². The van der Waals surface area contributed by atoms with E-state index in [4.69, 9.17) is 0 Å². The normalized spacial score (nSPS) is 29.3. The number of anilines is 1. The number of amides is 1. The van der Waals surface area contributed by atoms with E-state index in [0.717, 1.165) is 0 Å². The van der Waals surface area contributed by atoms with Gasteiger partial charge < -0.3 is 4.90 Å². The molecule has 2 aliphatic heterocycles. The summed E-state index contributed by atoms with van der Waals surface area (Å²) in [6.07, 6.45) is 0. The van der Waals surface area contributed by atoms with E-state index in [9.17, 15) is 17.6 Å². The summed E-state index contributed by atoms with van der Waals surface area (Å²) in [5, 5.41) is -0.0762. The van der Waals surface area contributed by atoms with Crippen molar-refractivity contribution in [1.82, 2.24) is 0 Å². The van der Waals surface area contributed by atoms with E-state index in [1.807, 2.05) is 0 Å². The summed E-state index contributed by atoms with van der Waals surface area (Å²) in [6, 6.07) is 5.27. The highest BCUT2D eigenvalue weighted by atomic mass is 32.2. The van der Waals surface area contributed by atoms with Crippen LogP contribution in [0.15, 0.2) is 24.3 Å². The Hall–Kier alpha value is -1.08. The monoisotopic (exact) mass is 301 g/mol. The van der Waals surface area contributed by atoms with Gasteiger partial charge in [0.2, 0.25) is 5.91 Å². The van der Waals surface area contributed by atoms with E-state index in [1.54, 1.807) is 0 Å². The standard InChI is InChI=1S/C12H12FNO3S2/c13-8-1-3-9(4-2-8)14-10-6-19(16,17)7-11(10)18-5-12(14)15/h1-4,10-11H,5-7H2/t10-,11+/m0/s1. The Morgan fingerprint density at radius 3 is 2.58 bits per heavy atom. The molecule has 7 heteroatoms. The first-order valence-corrected chi connectivity index (χ1v) is 8.73. The van der Waals surface area contributed by atoms with Gasteiger partial charge in [0.1, 0.15) is 5.82 Å². The Kier molecular flexibility index (Phi) is 3.05. The predicted octanol–water partition coefficient (Wildman–Crippen LogP) is 1.07. The first kappa shape index (κ1) is 12.9. The highest BCUT2D eigenvalue weighted by molar-refractivity contribution is 8.02. The van der Waals surface area contributed by atoms with Crippen LogP contribution in [0.2, 0.25) is 0 Å². The molecule has 0 aliphatic carbocycles. The van der Waals surface area contributed by atoms with Crippen molar-refractivity contribution < 1.29 is 17.6 Å². The molecule has 3 rings (SSSR count). The third kappa shape index (κ3) is 2.36. The molecule has 0 aromatic heterocycles. The molecule has 0 saturated carbocycles. The third-order valence-corrected chi connectivity index (χ3v) is 6.65. The van der Waals surface area contributed by atoms with Crippen LogP contribution < -0.4 is 4.90 Å². The lowest BCUT2D eigenvalue weighted by Crippen LogP contribution is -2.50. The topological polar surface area (TPSA) is 54.5 Å². The number of carbonyl (C=O) groups is 1. The average molecular weight is 301 g/mol. The summed E-state index contributed by atoms with van der Waals surface area (Å²) in [6.45, 7) is 0. The number of fused-ring (bicyclic) bond motifs is 1. The SMILES string of the molecule is O=C1CS[C@@H]2CS(=O)(=O)C[C@@H]2N1c1ccc(F)cc1. The van der Waals surface area contributed by atoms with Gasteiger partial charge in [-0.15, -0.1) is 11.8 Å². The lowest BCUT2D eigenvalue weighted by molar-refractivity contribution is -0.116. The molecule has 2 aliphatic rings. The molecule has 0 radical (unpaired) electrons. The van der Waals surface area contributed by atoms with Crippen LogP contribution in [0.1, 0.15) is 0 Å². The summed E-state index contributed by atoms with van der Waals surface area (Å²) in [5.74, 6) is -0.108. The number of sulfone groups is 1. The van der Waals surface area contributed by atoms with E-state index in [-0.39, 0.29) is 40.3 Å². The summed E-state index contributed by atoms with van der Waals surface area (Å²) >= 11 is 1.40. The van der Waals surface area contributed by atoms with Gasteiger partial charge in [-0.1, -0.05) is 0 Å². The lowest BCUT2D eigenvalue weighted by atomic mass is 10.1. The molecule has 2 heterocycles. The van der Waals surface area contributed by atoms with Crippen LogP contribution in [-0.4, -0.2) is 42.9 Å². The highest BCUT2D eigenvalue weighted by Gasteiger charge is 2.46. The summed E-state index contributed by atoms with van der Waals surface area (Å²) in [4.78, 5) is 13.6. The van der Waals surface area contributed by atoms with Crippen LogP contribution >= 0.6 is 11.8 Å². The number of hydrogen-bond acceptors (Lipinski definition) is 4. The zero-order chi connectivity index (χ0) is 13.6. The third-order valence-electron chi connectivity index (χ3n) is 3.40. The first-order valence-electron chi connectivity index (χ1n) is 5.86.